The summed E-state index contributed by atoms with van der Waals surface area (Å²) in [6, 6.07) is 0.462. The molecule has 0 radical (unpaired) electrons. The zero-order valence-corrected chi connectivity index (χ0v) is 12.0. The molecular weight excluding hydrogens is 228 g/mol. The second-order valence-corrected chi connectivity index (χ2v) is 5.69. The summed E-state index contributed by atoms with van der Waals surface area (Å²) in [5.41, 5.74) is 2.19. The first-order valence-corrected chi connectivity index (χ1v) is 6.98. The average Bonchev–Trinajstić information content (AvgIpc) is 2.35. The summed E-state index contributed by atoms with van der Waals surface area (Å²) in [6.45, 7) is 12.4. The van der Waals surface area contributed by atoms with Crippen LogP contribution in [0, 0.1) is 5.92 Å². The Morgan fingerprint density at radius 2 is 1.83 bits per heavy atom. The van der Waals surface area contributed by atoms with Crippen molar-refractivity contribution in [3.63, 3.8) is 0 Å². The van der Waals surface area contributed by atoms with Crippen LogP contribution in [0.3, 0.4) is 0 Å². The number of nitrogens with one attached hydrogen (secondary N) is 1. The van der Waals surface area contributed by atoms with Crippen molar-refractivity contribution in [2.75, 3.05) is 32.7 Å². The molecular formula is C13H28N4O. The standard InChI is InChI=1S/C13H28N4O/c1-11(2)10-16-6-8-17(9-7-16)12(3)4-5-13(18)15-14/h11-12H,4-10,14H2,1-3H3,(H,15,18). The third-order valence-electron chi connectivity index (χ3n) is 3.60. The molecule has 1 rings (SSSR count). The molecule has 3 N–H and O–H groups in total. The molecule has 1 aliphatic rings. The maximum Gasteiger partial charge on any atom is 0.233 e. The number of carbonyl (C=O) groups is 1. The first-order chi connectivity index (χ1) is 8.52. The average molecular weight is 256 g/mol. The molecule has 1 unspecified atom stereocenters. The van der Waals surface area contributed by atoms with Gasteiger partial charge in [0.15, 0.2) is 0 Å². The van der Waals surface area contributed by atoms with Crippen molar-refractivity contribution in [2.45, 2.75) is 39.7 Å². The zero-order valence-electron chi connectivity index (χ0n) is 12.0. The Kier molecular flexibility index (Phi) is 6.60. The predicted octanol–water partition coefficient (Wildman–Crippen LogP) is 0.419. The van der Waals surface area contributed by atoms with Gasteiger partial charge in [0.25, 0.3) is 0 Å². The van der Waals surface area contributed by atoms with Crippen LogP contribution in [0.15, 0.2) is 0 Å². The molecule has 0 aromatic heterocycles. The van der Waals surface area contributed by atoms with E-state index in [1.807, 2.05) is 0 Å². The summed E-state index contributed by atoms with van der Waals surface area (Å²) in [5.74, 6) is 5.75. The van der Waals surface area contributed by atoms with Crippen LogP contribution in [-0.4, -0.2) is 54.5 Å². The second kappa shape index (κ2) is 7.71. The normalized spacial score (nSPS) is 20.1. The van der Waals surface area contributed by atoms with Crippen LogP contribution in [0.4, 0.5) is 0 Å². The van der Waals surface area contributed by atoms with E-state index < -0.39 is 0 Å². The van der Waals surface area contributed by atoms with E-state index in [1.54, 1.807) is 0 Å². The van der Waals surface area contributed by atoms with Gasteiger partial charge in [-0.25, -0.2) is 5.84 Å². The maximum absolute atomic E-state index is 11.1. The topological polar surface area (TPSA) is 61.6 Å². The van der Waals surface area contributed by atoms with E-state index >= 15 is 0 Å². The SMILES string of the molecule is CC(C)CN1CCN(C(C)CCC(=O)NN)CC1. The number of amides is 1. The minimum absolute atomic E-state index is 0.0692. The first kappa shape index (κ1) is 15.4. The van der Waals surface area contributed by atoms with E-state index in [4.69, 9.17) is 5.84 Å². The minimum Gasteiger partial charge on any atom is -0.301 e. The number of hydrogen-bond acceptors (Lipinski definition) is 4. The molecule has 1 atom stereocenters. The Hall–Kier alpha value is -0.650. The van der Waals surface area contributed by atoms with Crippen LogP contribution < -0.4 is 11.3 Å². The van der Waals surface area contributed by atoms with Gasteiger partial charge in [0, 0.05) is 45.2 Å². The lowest BCUT2D eigenvalue weighted by molar-refractivity contribution is -0.121. The summed E-state index contributed by atoms with van der Waals surface area (Å²) in [6.07, 6.45) is 1.40. The predicted molar refractivity (Wildman–Crippen MR) is 73.9 cm³/mol. The zero-order chi connectivity index (χ0) is 13.5. The van der Waals surface area contributed by atoms with Crippen LogP contribution in [0.5, 0.6) is 0 Å². The lowest BCUT2D eigenvalue weighted by Gasteiger charge is -2.38. The van der Waals surface area contributed by atoms with Gasteiger partial charge >= 0.3 is 0 Å². The van der Waals surface area contributed by atoms with Gasteiger partial charge in [-0.05, 0) is 19.3 Å². The Bertz CT molecular complexity index is 249. The molecule has 0 aliphatic carbocycles. The molecule has 106 valence electrons. The molecule has 1 aliphatic heterocycles. The lowest BCUT2D eigenvalue weighted by atomic mass is 10.1. The molecule has 5 nitrogen and oxygen atoms in total. The number of carbonyl (C=O) groups excluding carboxylic acids is 1. The number of rotatable bonds is 6. The Labute approximate surface area is 111 Å². The summed E-state index contributed by atoms with van der Waals surface area (Å²) >= 11 is 0. The van der Waals surface area contributed by atoms with Crippen molar-refractivity contribution in [3.05, 3.63) is 0 Å². The fraction of sp³-hybridized carbons (Fsp3) is 0.923. The smallest absolute Gasteiger partial charge is 0.233 e. The minimum atomic E-state index is -0.0692. The van der Waals surface area contributed by atoms with Gasteiger partial charge in [-0.2, -0.15) is 0 Å². The molecule has 18 heavy (non-hydrogen) atoms. The van der Waals surface area contributed by atoms with Gasteiger partial charge in [-0.3, -0.25) is 15.1 Å². The fourth-order valence-corrected chi connectivity index (χ4v) is 2.50. The van der Waals surface area contributed by atoms with Crippen molar-refractivity contribution < 1.29 is 4.79 Å². The lowest BCUT2D eigenvalue weighted by Crippen LogP contribution is -2.50. The summed E-state index contributed by atoms with van der Waals surface area (Å²) in [7, 11) is 0. The van der Waals surface area contributed by atoms with E-state index in [9.17, 15) is 4.79 Å². The van der Waals surface area contributed by atoms with Crippen molar-refractivity contribution in [1.29, 1.82) is 0 Å². The van der Waals surface area contributed by atoms with Crippen molar-refractivity contribution in [3.8, 4) is 0 Å². The largest absolute Gasteiger partial charge is 0.301 e. The molecule has 0 aromatic carbocycles. The number of nitrogens with zero attached hydrogens (tertiary/aromatic N) is 2. The summed E-state index contributed by atoms with van der Waals surface area (Å²) in [4.78, 5) is 16.1. The van der Waals surface area contributed by atoms with Crippen molar-refractivity contribution >= 4 is 5.91 Å². The van der Waals surface area contributed by atoms with Crippen LogP contribution in [-0.2, 0) is 4.79 Å². The van der Waals surface area contributed by atoms with Crippen molar-refractivity contribution in [1.82, 2.24) is 15.2 Å². The van der Waals surface area contributed by atoms with E-state index in [2.05, 4.69) is 36.0 Å². The third-order valence-corrected chi connectivity index (χ3v) is 3.60. The molecule has 0 aromatic rings. The highest BCUT2D eigenvalue weighted by Crippen LogP contribution is 2.11. The Balaban J connectivity index is 2.23. The Morgan fingerprint density at radius 1 is 1.22 bits per heavy atom. The van der Waals surface area contributed by atoms with Gasteiger partial charge in [-0.15, -0.1) is 0 Å². The van der Waals surface area contributed by atoms with Gasteiger partial charge in [0.1, 0.15) is 0 Å². The third kappa shape index (κ3) is 5.33. The van der Waals surface area contributed by atoms with Crippen LogP contribution in [0.1, 0.15) is 33.6 Å². The van der Waals surface area contributed by atoms with E-state index in [0.717, 1.165) is 38.5 Å². The van der Waals surface area contributed by atoms with Crippen molar-refractivity contribution in [2.24, 2.45) is 11.8 Å². The molecule has 1 heterocycles. The molecule has 0 saturated carbocycles. The van der Waals surface area contributed by atoms with Gasteiger partial charge < -0.3 is 4.90 Å². The highest BCUT2D eigenvalue weighted by Gasteiger charge is 2.21. The van der Waals surface area contributed by atoms with Gasteiger partial charge in [0.2, 0.25) is 5.91 Å². The van der Waals surface area contributed by atoms with Crippen LogP contribution in [0.25, 0.3) is 0 Å². The quantitative estimate of drug-likeness (QED) is 0.411. The molecule has 1 fully saturated rings. The number of piperazine rings is 1. The highest BCUT2D eigenvalue weighted by molar-refractivity contribution is 5.75. The Morgan fingerprint density at radius 3 is 2.33 bits per heavy atom. The maximum atomic E-state index is 11.1. The number of nitrogens with two attached hydrogens (primary N) is 1. The van der Waals surface area contributed by atoms with E-state index in [1.165, 1.54) is 6.54 Å². The monoisotopic (exact) mass is 256 g/mol. The van der Waals surface area contributed by atoms with Crippen LogP contribution in [0.2, 0.25) is 0 Å². The van der Waals surface area contributed by atoms with E-state index in [-0.39, 0.29) is 5.91 Å². The summed E-state index contributed by atoms with van der Waals surface area (Å²) < 4.78 is 0. The fourth-order valence-electron chi connectivity index (χ4n) is 2.50. The molecule has 0 bridgehead atoms. The highest BCUT2D eigenvalue weighted by atomic mass is 16.2. The molecule has 0 spiro atoms. The van der Waals surface area contributed by atoms with Gasteiger partial charge in [0.05, 0.1) is 0 Å². The molecule has 5 heteroatoms. The first-order valence-electron chi connectivity index (χ1n) is 6.98. The van der Waals surface area contributed by atoms with Crippen LogP contribution >= 0.6 is 0 Å². The van der Waals surface area contributed by atoms with Gasteiger partial charge in [-0.1, -0.05) is 13.8 Å². The molecule has 1 saturated heterocycles. The summed E-state index contributed by atoms with van der Waals surface area (Å²) in [5, 5.41) is 0. The second-order valence-electron chi connectivity index (χ2n) is 5.69. The van der Waals surface area contributed by atoms with E-state index in [0.29, 0.717) is 12.5 Å². The number of hydrazine groups is 1. The molecule has 1 amide bonds. The number of hydrogen-bond donors (Lipinski definition) is 2.